The molecule has 13 heteroatoms. The highest BCUT2D eigenvalue weighted by molar-refractivity contribution is 8.13. The largest absolute Gasteiger partial charge is 0.491 e. The number of amides is 2. The first-order valence-electron chi connectivity index (χ1n) is 7.81. The molecule has 29 heavy (non-hydrogen) atoms. The lowest BCUT2D eigenvalue weighted by molar-refractivity contribution is -0.202. The van der Waals surface area contributed by atoms with Crippen LogP contribution >= 0.6 is 11.8 Å². The van der Waals surface area contributed by atoms with Gasteiger partial charge in [-0.25, -0.2) is 9.59 Å². The third-order valence-electron chi connectivity index (χ3n) is 3.18. The zero-order valence-corrected chi connectivity index (χ0v) is 15.5. The van der Waals surface area contributed by atoms with E-state index in [1.165, 1.54) is 12.1 Å². The van der Waals surface area contributed by atoms with Gasteiger partial charge in [0, 0.05) is 11.3 Å². The van der Waals surface area contributed by atoms with E-state index in [1.807, 2.05) is 0 Å². The smallest absolute Gasteiger partial charge is 0.385 e. The summed E-state index contributed by atoms with van der Waals surface area (Å²) in [5.74, 6) is -6.58. The van der Waals surface area contributed by atoms with E-state index in [9.17, 15) is 37.1 Å². The molecular formula is C16H16F3N3O6S. The summed E-state index contributed by atoms with van der Waals surface area (Å²) in [4.78, 5) is 58.9. The summed E-state index contributed by atoms with van der Waals surface area (Å²) < 4.78 is 39.7. The third-order valence-corrected chi connectivity index (χ3v) is 4.16. The lowest BCUT2D eigenvalue weighted by Gasteiger charge is -2.19. The van der Waals surface area contributed by atoms with Crippen molar-refractivity contribution in [2.45, 2.75) is 12.2 Å². The van der Waals surface area contributed by atoms with E-state index in [-0.39, 0.29) is 5.56 Å². The Bertz CT molecular complexity index is 788. The fraction of sp³-hybridized carbons (Fsp3) is 0.312. The maximum Gasteiger partial charge on any atom is 0.491 e. The van der Waals surface area contributed by atoms with Crippen molar-refractivity contribution in [3.05, 3.63) is 35.9 Å². The number of nitrogens with two attached hydrogens (primary N) is 2. The molecule has 0 bridgehead atoms. The third kappa shape index (κ3) is 7.63. The van der Waals surface area contributed by atoms with Crippen LogP contribution < -0.4 is 11.5 Å². The summed E-state index contributed by atoms with van der Waals surface area (Å²) in [5.41, 5.74) is 10.7. The van der Waals surface area contributed by atoms with Gasteiger partial charge in [0.2, 0.25) is 11.0 Å². The van der Waals surface area contributed by atoms with E-state index in [4.69, 9.17) is 11.5 Å². The summed E-state index contributed by atoms with van der Waals surface area (Å²) in [5, 5.41) is -0.790. The zero-order valence-electron chi connectivity index (χ0n) is 14.7. The molecule has 0 aliphatic rings. The minimum atomic E-state index is -5.38. The van der Waals surface area contributed by atoms with Gasteiger partial charge in [0.15, 0.2) is 0 Å². The number of nitrogens with zero attached hydrogens (tertiary/aromatic N) is 1. The van der Waals surface area contributed by atoms with Crippen LogP contribution in [0.2, 0.25) is 0 Å². The Labute approximate surface area is 166 Å². The van der Waals surface area contributed by atoms with E-state index in [0.29, 0.717) is 16.7 Å². The van der Waals surface area contributed by atoms with Crippen LogP contribution in [0.3, 0.4) is 0 Å². The predicted octanol–water partition coefficient (Wildman–Crippen LogP) is -0.167. The minimum absolute atomic E-state index is 0.123. The van der Waals surface area contributed by atoms with Gasteiger partial charge in [0.05, 0.1) is 13.1 Å². The number of thioether (sulfide) groups is 1. The molecule has 1 atom stereocenters. The van der Waals surface area contributed by atoms with Crippen LogP contribution in [0, 0.1) is 0 Å². The number of hydrogen-bond donors (Lipinski definition) is 2. The molecule has 1 aromatic rings. The first kappa shape index (κ1) is 24.3. The van der Waals surface area contributed by atoms with Gasteiger partial charge >= 0.3 is 18.1 Å². The average molecular weight is 435 g/mol. The maximum atomic E-state index is 12.4. The van der Waals surface area contributed by atoms with Crippen molar-refractivity contribution < 1.29 is 41.9 Å². The first-order chi connectivity index (χ1) is 13.5. The molecule has 1 aromatic carbocycles. The van der Waals surface area contributed by atoms with Gasteiger partial charge in [-0.1, -0.05) is 30.0 Å². The fourth-order valence-electron chi connectivity index (χ4n) is 1.77. The molecule has 0 saturated heterocycles. The van der Waals surface area contributed by atoms with Gasteiger partial charge in [-0.15, -0.1) is 0 Å². The molecule has 0 spiro atoms. The molecule has 9 nitrogen and oxygen atoms in total. The van der Waals surface area contributed by atoms with E-state index < -0.39 is 59.9 Å². The van der Waals surface area contributed by atoms with Crippen molar-refractivity contribution in [3.63, 3.8) is 0 Å². The Hall–Kier alpha value is -2.77. The van der Waals surface area contributed by atoms with Crippen molar-refractivity contribution in [3.8, 4) is 0 Å². The van der Waals surface area contributed by atoms with Crippen LogP contribution in [0.4, 0.5) is 13.2 Å². The molecule has 0 saturated carbocycles. The van der Waals surface area contributed by atoms with Crippen molar-refractivity contribution >= 4 is 40.6 Å². The standard InChI is InChI=1S/C16H16F3N3O6S/c17-16(18,19)15(27)28-14(26)10(21)8-29-12(24)7-22(11(23)6-20)13(25)9-4-2-1-3-5-9/h1-5,10H,6-8,20-21H2/t10-/m0/s1. The second-order valence-corrected chi connectivity index (χ2v) is 6.43. The van der Waals surface area contributed by atoms with Crippen molar-refractivity contribution in [1.29, 1.82) is 0 Å². The number of halogens is 3. The van der Waals surface area contributed by atoms with Crippen LogP contribution in [0.5, 0.6) is 0 Å². The lowest BCUT2D eigenvalue weighted by Crippen LogP contribution is -2.44. The summed E-state index contributed by atoms with van der Waals surface area (Å²) >= 11 is 0.372. The Morgan fingerprint density at radius 1 is 1.10 bits per heavy atom. The second kappa shape index (κ2) is 10.7. The topological polar surface area (TPSA) is 150 Å². The van der Waals surface area contributed by atoms with Crippen LogP contribution in [-0.2, 0) is 23.9 Å². The van der Waals surface area contributed by atoms with Crippen molar-refractivity contribution in [1.82, 2.24) is 4.90 Å². The highest BCUT2D eigenvalue weighted by Crippen LogP contribution is 2.17. The van der Waals surface area contributed by atoms with Crippen molar-refractivity contribution in [2.24, 2.45) is 11.5 Å². The molecule has 0 aliphatic carbocycles. The van der Waals surface area contributed by atoms with E-state index in [0.717, 1.165) is 0 Å². The number of alkyl halides is 3. The minimum Gasteiger partial charge on any atom is -0.385 e. The number of ether oxygens (including phenoxy) is 1. The summed E-state index contributed by atoms with van der Waals surface area (Å²) in [6, 6.07) is 5.83. The normalized spacial score (nSPS) is 12.0. The van der Waals surface area contributed by atoms with Gasteiger partial charge in [0.25, 0.3) is 5.91 Å². The number of hydrogen-bond acceptors (Lipinski definition) is 9. The Morgan fingerprint density at radius 2 is 1.69 bits per heavy atom. The molecule has 0 fully saturated rings. The van der Waals surface area contributed by atoms with E-state index in [2.05, 4.69) is 4.74 Å². The predicted molar refractivity (Wildman–Crippen MR) is 94.1 cm³/mol. The summed E-state index contributed by atoms with van der Waals surface area (Å²) in [6.45, 7) is -1.26. The van der Waals surface area contributed by atoms with Gasteiger partial charge in [0.1, 0.15) is 6.04 Å². The molecule has 0 radical (unpaired) electrons. The number of imide groups is 1. The monoisotopic (exact) mass is 435 g/mol. The number of carbonyl (C=O) groups excluding carboxylic acids is 5. The quantitative estimate of drug-likeness (QED) is 0.440. The zero-order chi connectivity index (χ0) is 22.2. The number of rotatable bonds is 7. The van der Waals surface area contributed by atoms with Crippen molar-refractivity contribution in [2.75, 3.05) is 18.8 Å². The van der Waals surface area contributed by atoms with E-state index in [1.54, 1.807) is 18.2 Å². The van der Waals surface area contributed by atoms with Gasteiger partial charge in [-0.2, -0.15) is 13.2 Å². The maximum absolute atomic E-state index is 12.4. The SMILES string of the molecule is NCC(=O)N(CC(=O)SC[C@H](N)C(=O)OC(=O)C(F)(F)F)C(=O)c1ccccc1. The molecule has 0 unspecified atom stereocenters. The molecular weight excluding hydrogens is 419 g/mol. The van der Waals surface area contributed by atoms with Gasteiger partial charge in [-0.05, 0) is 12.1 Å². The Morgan fingerprint density at radius 3 is 2.21 bits per heavy atom. The Kier molecular flexibility index (Phi) is 8.94. The fourth-order valence-corrected chi connectivity index (χ4v) is 2.49. The summed E-state index contributed by atoms with van der Waals surface area (Å²) in [6.07, 6.45) is -5.38. The highest BCUT2D eigenvalue weighted by atomic mass is 32.2. The number of esters is 2. The molecule has 0 aromatic heterocycles. The Balaban J connectivity index is 2.67. The van der Waals surface area contributed by atoms with Gasteiger partial charge < -0.3 is 16.2 Å². The molecule has 158 valence electrons. The van der Waals surface area contributed by atoms with E-state index >= 15 is 0 Å². The van der Waals surface area contributed by atoms with Crippen LogP contribution in [-0.4, -0.2) is 64.8 Å². The van der Waals surface area contributed by atoms with Crippen LogP contribution in [0.15, 0.2) is 30.3 Å². The van der Waals surface area contributed by atoms with Crippen LogP contribution in [0.1, 0.15) is 10.4 Å². The van der Waals surface area contributed by atoms with Gasteiger partial charge in [-0.3, -0.25) is 19.3 Å². The van der Waals surface area contributed by atoms with Crippen LogP contribution in [0.25, 0.3) is 0 Å². The lowest BCUT2D eigenvalue weighted by atomic mass is 10.2. The average Bonchev–Trinajstić information content (AvgIpc) is 2.68. The highest BCUT2D eigenvalue weighted by Gasteiger charge is 2.43. The number of benzene rings is 1. The molecule has 1 rings (SSSR count). The molecule has 0 aliphatic heterocycles. The second-order valence-electron chi connectivity index (χ2n) is 5.35. The number of carbonyl (C=O) groups is 5. The molecule has 4 N–H and O–H groups in total. The summed E-state index contributed by atoms with van der Waals surface area (Å²) in [7, 11) is 0. The molecule has 0 heterocycles. The molecule has 2 amide bonds. The first-order valence-corrected chi connectivity index (χ1v) is 8.79.